The first-order valence-electron chi connectivity index (χ1n) is 5.91. The summed E-state index contributed by atoms with van der Waals surface area (Å²) in [6, 6.07) is 16.3. The second-order valence-electron chi connectivity index (χ2n) is 4.51. The van der Waals surface area contributed by atoms with E-state index >= 15 is 0 Å². The number of nitrogens with two attached hydrogens (primary N) is 1. The zero-order valence-corrected chi connectivity index (χ0v) is 12.0. The van der Waals surface area contributed by atoms with Gasteiger partial charge in [-0.05, 0) is 36.4 Å². The first-order chi connectivity index (χ1) is 8.65. The minimum atomic E-state index is 0.821. The van der Waals surface area contributed by atoms with Crippen LogP contribution in [-0.2, 0) is 13.1 Å². The Labute approximate surface area is 117 Å². The highest BCUT2D eigenvalue weighted by atomic mass is 79.9. The van der Waals surface area contributed by atoms with Gasteiger partial charge >= 0.3 is 0 Å². The van der Waals surface area contributed by atoms with Crippen molar-refractivity contribution in [1.82, 2.24) is 4.90 Å². The third kappa shape index (κ3) is 3.59. The molecule has 0 aliphatic carbocycles. The van der Waals surface area contributed by atoms with Gasteiger partial charge in [-0.2, -0.15) is 0 Å². The molecular formula is C15H17BrN2. The molecule has 0 spiro atoms. The fourth-order valence-electron chi connectivity index (χ4n) is 1.98. The van der Waals surface area contributed by atoms with Gasteiger partial charge < -0.3 is 5.73 Å². The molecule has 0 saturated carbocycles. The molecule has 94 valence electrons. The van der Waals surface area contributed by atoms with E-state index in [9.17, 15) is 0 Å². The lowest BCUT2D eigenvalue weighted by Gasteiger charge is -2.17. The Morgan fingerprint density at radius 1 is 1.06 bits per heavy atom. The number of hydrogen-bond donors (Lipinski definition) is 1. The second kappa shape index (κ2) is 6.03. The standard InChI is InChI=1S/C15H17BrN2/c1-18(10-12-5-4-7-14(17)9-12)11-13-6-2-3-8-15(13)16/h2-9H,10-11,17H2,1H3. The molecule has 0 heterocycles. The topological polar surface area (TPSA) is 29.3 Å². The predicted molar refractivity (Wildman–Crippen MR) is 80.2 cm³/mol. The number of anilines is 1. The smallest absolute Gasteiger partial charge is 0.0317 e. The molecule has 2 N–H and O–H groups in total. The van der Waals surface area contributed by atoms with E-state index in [1.807, 2.05) is 24.3 Å². The molecule has 0 aromatic heterocycles. The van der Waals surface area contributed by atoms with Crippen LogP contribution >= 0.6 is 15.9 Å². The molecule has 0 saturated heterocycles. The van der Waals surface area contributed by atoms with E-state index in [1.165, 1.54) is 11.1 Å². The third-order valence-corrected chi connectivity index (χ3v) is 3.58. The predicted octanol–water partition coefficient (Wildman–Crippen LogP) is 3.66. The molecule has 0 atom stereocenters. The number of rotatable bonds is 4. The van der Waals surface area contributed by atoms with Crippen LogP contribution in [0.1, 0.15) is 11.1 Å². The monoisotopic (exact) mass is 304 g/mol. The summed E-state index contributed by atoms with van der Waals surface area (Å²) < 4.78 is 1.16. The van der Waals surface area contributed by atoms with Crippen molar-refractivity contribution in [3.63, 3.8) is 0 Å². The molecule has 3 heteroatoms. The summed E-state index contributed by atoms with van der Waals surface area (Å²) >= 11 is 3.58. The average molecular weight is 305 g/mol. The van der Waals surface area contributed by atoms with Crippen molar-refractivity contribution in [2.24, 2.45) is 0 Å². The van der Waals surface area contributed by atoms with Crippen molar-refractivity contribution in [1.29, 1.82) is 0 Å². The first kappa shape index (κ1) is 13.1. The zero-order chi connectivity index (χ0) is 13.0. The molecular weight excluding hydrogens is 288 g/mol. The fraction of sp³-hybridized carbons (Fsp3) is 0.200. The van der Waals surface area contributed by atoms with E-state index < -0.39 is 0 Å². The summed E-state index contributed by atoms with van der Waals surface area (Å²) in [5.41, 5.74) is 9.14. The highest BCUT2D eigenvalue weighted by Crippen LogP contribution is 2.18. The van der Waals surface area contributed by atoms with E-state index in [4.69, 9.17) is 5.73 Å². The summed E-state index contributed by atoms with van der Waals surface area (Å²) in [7, 11) is 2.11. The van der Waals surface area contributed by atoms with Crippen molar-refractivity contribution >= 4 is 21.6 Å². The van der Waals surface area contributed by atoms with Crippen molar-refractivity contribution in [3.05, 3.63) is 64.1 Å². The molecule has 0 amide bonds. The van der Waals surface area contributed by atoms with Gasteiger partial charge in [0.1, 0.15) is 0 Å². The Morgan fingerprint density at radius 2 is 1.83 bits per heavy atom. The van der Waals surface area contributed by atoms with Gasteiger partial charge in [0, 0.05) is 23.2 Å². The number of hydrogen-bond acceptors (Lipinski definition) is 2. The van der Waals surface area contributed by atoms with Crippen LogP contribution in [-0.4, -0.2) is 11.9 Å². The van der Waals surface area contributed by atoms with Gasteiger partial charge in [0.2, 0.25) is 0 Å². The van der Waals surface area contributed by atoms with Gasteiger partial charge in [-0.15, -0.1) is 0 Å². The molecule has 0 aliphatic heterocycles. The molecule has 18 heavy (non-hydrogen) atoms. The van der Waals surface area contributed by atoms with Crippen LogP contribution in [0.3, 0.4) is 0 Å². The van der Waals surface area contributed by atoms with E-state index in [2.05, 4.69) is 52.1 Å². The van der Waals surface area contributed by atoms with Gasteiger partial charge in [0.15, 0.2) is 0 Å². The SMILES string of the molecule is CN(Cc1cccc(N)c1)Cc1ccccc1Br. The van der Waals surface area contributed by atoms with Gasteiger partial charge in [0.05, 0.1) is 0 Å². The maximum Gasteiger partial charge on any atom is 0.0317 e. The molecule has 2 rings (SSSR count). The maximum atomic E-state index is 5.78. The number of halogens is 1. The van der Waals surface area contributed by atoms with Crippen LogP contribution in [0.5, 0.6) is 0 Å². The molecule has 2 aromatic rings. The van der Waals surface area contributed by atoms with Crippen LogP contribution < -0.4 is 5.73 Å². The number of benzene rings is 2. The number of nitrogens with zero attached hydrogens (tertiary/aromatic N) is 1. The summed E-state index contributed by atoms with van der Waals surface area (Å²) in [6.45, 7) is 1.81. The Hall–Kier alpha value is -1.32. The molecule has 2 nitrogen and oxygen atoms in total. The minimum absolute atomic E-state index is 0.821. The summed E-state index contributed by atoms with van der Waals surface area (Å²) in [6.07, 6.45) is 0. The van der Waals surface area contributed by atoms with E-state index in [-0.39, 0.29) is 0 Å². The first-order valence-corrected chi connectivity index (χ1v) is 6.71. The highest BCUT2D eigenvalue weighted by molar-refractivity contribution is 9.10. The lowest BCUT2D eigenvalue weighted by Crippen LogP contribution is -2.17. The van der Waals surface area contributed by atoms with Crippen LogP contribution in [0.4, 0.5) is 5.69 Å². The van der Waals surface area contributed by atoms with E-state index in [0.717, 1.165) is 23.2 Å². The lowest BCUT2D eigenvalue weighted by molar-refractivity contribution is 0.318. The summed E-state index contributed by atoms with van der Waals surface area (Å²) in [5.74, 6) is 0. The highest BCUT2D eigenvalue weighted by Gasteiger charge is 2.04. The lowest BCUT2D eigenvalue weighted by atomic mass is 10.1. The van der Waals surface area contributed by atoms with Gasteiger partial charge in [-0.3, -0.25) is 4.90 Å². The van der Waals surface area contributed by atoms with Crippen molar-refractivity contribution in [2.45, 2.75) is 13.1 Å². The zero-order valence-electron chi connectivity index (χ0n) is 10.4. The van der Waals surface area contributed by atoms with Gasteiger partial charge in [-0.25, -0.2) is 0 Å². The van der Waals surface area contributed by atoms with Crippen molar-refractivity contribution in [2.75, 3.05) is 12.8 Å². The maximum absolute atomic E-state index is 5.78. The van der Waals surface area contributed by atoms with E-state index in [0.29, 0.717) is 0 Å². The molecule has 0 aliphatic rings. The molecule has 0 radical (unpaired) electrons. The normalized spacial score (nSPS) is 10.8. The van der Waals surface area contributed by atoms with Crippen LogP contribution in [0, 0.1) is 0 Å². The Morgan fingerprint density at radius 3 is 2.56 bits per heavy atom. The van der Waals surface area contributed by atoms with Crippen LogP contribution in [0.25, 0.3) is 0 Å². The van der Waals surface area contributed by atoms with Crippen molar-refractivity contribution in [3.8, 4) is 0 Å². The quantitative estimate of drug-likeness (QED) is 0.873. The van der Waals surface area contributed by atoms with Gasteiger partial charge in [-0.1, -0.05) is 46.3 Å². The molecule has 0 fully saturated rings. The van der Waals surface area contributed by atoms with E-state index in [1.54, 1.807) is 0 Å². The van der Waals surface area contributed by atoms with Crippen LogP contribution in [0.2, 0.25) is 0 Å². The molecule has 0 unspecified atom stereocenters. The second-order valence-corrected chi connectivity index (χ2v) is 5.36. The Bertz CT molecular complexity index is 525. The Kier molecular flexibility index (Phi) is 4.39. The summed E-state index contributed by atoms with van der Waals surface area (Å²) in [5, 5.41) is 0. The third-order valence-electron chi connectivity index (χ3n) is 2.80. The van der Waals surface area contributed by atoms with Gasteiger partial charge in [0.25, 0.3) is 0 Å². The molecule has 0 bridgehead atoms. The van der Waals surface area contributed by atoms with Crippen molar-refractivity contribution < 1.29 is 0 Å². The number of nitrogen functional groups attached to an aromatic ring is 1. The minimum Gasteiger partial charge on any atom is -0.399 e. The summed E-state index contributed by atoms with van der Waals surface area (Å²) in [4.78, 5) is 2.27. The fourth-order valence-corrected chi connectivity index (χ4v) is 2.39. The Balaban J connectivity index is 2.01. The average Bonchev–Trinajstić information content (AvgIpc) is 2.32. The molecule has 2 aromatic carbocycles. The van der Waals surface area contributed by atoms with Crippen LogP contribution in [0.15, 0.2) is 53.0 Å². The largest absolute Gasteiger partial charge is 0.399 e.